The average molecular weight is 511 g/mol. The number of phenolic OH excluding ortho intramolecular Hbond substituents is 1. The Labute approximate surface area is 189 Å². The van der Waals surface area contributed by atoms with Gasteiger partial charge in [-0.25, -0.2) is 0 Å². The number of anilines is 1. The second-order valence-electron chi connectivity index (χ2n) is 6.11. The lowest BCUT2D eigenvalue weighted by molar-refractivity contribution is -0.113. The first kappa shape index (κ1) is 22.8. The van der Waals surface area contributed by atoms with Crippen LogP contribution in [0.25, 0.3) is 11.4 Å². The van der Waals surface area contributed by atoms with Gasteiger partial charge in [-0.3, -0.25) is 9.36 Å². The van der Waals surface area contributed by atoms with Crippen molar-refractivity contribution in [2.75, 3.05) is 11.1 Å². The van der Waals surface area contributed by atoms with Crippen LogP contribution in [0.5, 0.6) is 11.5 Å². The number of carbonyl (C=O) groups is 1. The SMILES string of the molecule is C=CCn1c(SCC(=O)Nc2ccc(OC(F)F)cc2)nnc1-c1cc(Br)ccc1O. The molecule has 11 heteroatoms. The molecule has 2 aromatic carbocycles. The second kappa shape index (κ2) is 10.4. The summed E-state index contributed by atoms with van der Waals surface area (Å²) in [5, 5.41) is 21.6. The molecule has 7 nitrogen and oxygen atoms in total. The average Bonchev–Trinajstić information content (AvgIpc) is 3.12. The summed E-state index contributed by atoms with van der Waals surface area (Å²) in [7, 11) is 0. The van der Waals surface area contributed by atoms with Crippen LogP contribution in [0.1, 0.15) is 0 Å². The predicted octanol–water partition coefficient (Wildman–Crippen LogP) is 4.93. The predicted molar refractivity (Wildman–Crippen MR) is 117 cm³/mol. The molecular formula is C20H17BrF2N4O3S. The van der Waals surface area contributed by atoms with Crippen LogP contribution >= 0.6 is 27.7 Å². The summed E-state index contributed by atoms with van der Waals surface area (Å²) in [5.74, 6) is 0.219. The molecule has 0 spiro atoms. The Morgan fingerprint density at radius 1 is 1.29 bits per heavy atom. The highest BCUT2D eigenvalue weighted by molar-refractivity contribution is 9.10. The van der Waals surface area contributed by atoms with Gasteiger partial charge >= 0.3 is 6.61 Å². The molecule has 31 heavy (non-hydrogen) atoms. The molecule has 2 N–H and O–H groups in total. The fourth-order valence-electron chi connectivity index (χ4n) is 2.62. The highest BCUT2D eigenvalue weighted by Crippen LogP contribution is 2.32. The van der Waals surface area contributed by atoms with Crippen molar-refractivity contribution in [3.8, 4) is 22.9 Å². The van der Waals surface area contributed by atoms with E-state index < -0.39 is 6.61 Å². The summed E-state index contributed by atoms with van der Waals surface area (Å²) >= 11 is 4.53. The van der Waals surface area contributed by atoms with Crippen LogP contribution in [-0.4, -0.2) is 38.1 Å². The Kier molecular flexibility index (Phi) is 7.64. The van der Waals surface area contributed by atoms with Gasteiger partial charge in [0.2, 0.25) is 5.91 Å². The highest BCUT2D eigenvalue weighted by atomic mass is 79.9. The van der Waals surface area contributed by atoms with Gasteiger partial charge in [-0.2, -0.15) is 8.78 Å². The fourth-order valence-corrected chi connectivity index (χ4v) is 3.73. The van der Waals surface area contributed by atoms with Gasteiger partial charge in [0.25, 0.3) is 0 Å². The molecule has 162 valence electrons. The summed E-state index contributed by atoms with van der Waals surface area (Å²) in [6, 6.07) is 10.6. The molecule has 3 rings (SSSR count). The van der Waals surface area contributed by atoms with E-state index in [9.17, 15) is 18.7 Å². The maximum absolute atomic E-state index is 12.3. The third-order valence-electron chi connectivity index (χ3n) is 3.92. The van der Waals surface area contributed by atoms with Crippen LogP contribution in [0, 0.1) is 0 Å². The first-order valence-corrected chi connectivity index (χ1v) is 10.7. The number of amides is 1. The monoisotopic (exact) mass is 510 g/mol. The zero-order valence-electron chi connectivity index (χ0n) is 16.0. The van der Waals surface area contributed by atoms with Crippen molar-refractivity contribution < 1.29 is 23.4 Å². The molecule has 1 amide bonds. The van der Waals surface area contributed by atoms with Crippen molar-refractivity contribution >= 4 is 39.3 Å². The molecule has 0 aliphatic heterocycles. The second-order valence-corrected chi connectivity index (χ2v) is 7.96. The number of aromatic nitrogens is 3. The number of halogens is 3. The number of alkyl halides is 2. The van der Waals surface area contributed by atoms with Crippen molar-refractivity contribution in [2.24, 2.45) is 0 Å². The molecule has 0 unspecified atom stereocenters. The third-order valence-corrected chi connectivity index (χ3v) is 5.38. The zero-order valence-corrected chi connectivity index (χ0v) is 18.4. The van der Waals surface area contributed by atoms with Crippen LogP contribution in [0.4, 0.5) is 14.5 Å². The maximum Gasteiger partial charge on any atom is 0.387 e. The number of nitrogens with one attached hydrogen (secondary N) is 1. The first-order valence-electron chi connectivity index (χ1n) is 8.88. The van der Waals surface area contributed by atoms with Crippen molar-refractivity contribution in [3.63, 3.8) is 0 Å². The lowest BCUT2D eigenvalue weighted by atomic mass is 10.2. The van der Waals surface area contributed by atoms with Gasteiger partial charge in [-0.1, -0.05) is 33.8 Å². The van der Waals surface area contributed by atoms with Gasteiger partial charge in [-0.15, -0.1) is 16.8 Å². The van der Waals surface area contributed by atoms with E-state index in [4.69, 9.17) is 0 Å². The normalized spacial score (nSPS) is 10.8. The number of carbonyl (C=O) groups excluding carboxylic acids is 1. The van der Waals surface area contributed by atoms with Crippen molar-refractivity contribution in [2.45, 2.75) is 18.3 Å². The maximum atomic E-state index is 12.3. The number of phenols is 1. The molecule has 0 saturated heterocycles. The summed E-state index contributed by atoms with van der Waals surface area (Å²) < 4.78 is 31.2. The first-order chi connectivity index (χ1) is 14.9. The van der Waals surface area contributed by atoms with Gasteiger partial charge in [0, 0.05) is 16.7 Å². The lowest BCUT2D eigenvalue weighted by Gasteiger charge is -2.10. The number of nitrogens with zero attached hydrogens (tertiary/aromatic N) is 3. The molecule has 1 heterocycles. The minimum absolute atomic E-state index is 0.00299. The molecule has 0 saturated carbocycles. The van der Waals surface area contributed by atoms with Crippen molar-refractivity contribution in [1.82, 2.24) is 14.8 Å². The molecule has 0 aliphatic rings. The number of thioether (sulfide) groups is 1. The van der Waals surface area contributed by atoms with E-state index in [0.29, 0.717) is 28.8 Å². The van der Waals surface area contributed by atoms with Crippen LogP contribution in [0.15, 0.2) is 64.7 Å². The number of hydrogen-bond acceptors (Lipinski definition) is 6. The molecule has 0 fully saturated rings. The van der Waals surface area contributed by atoms with E-state index in [2.05, 4.69) is 42.8 Å². The Morgan fingerprint density at radius 2 is 2.03 bits per heavy atom. The number of ether oxygens (including phenoxy) is 1. The van der Waals surface area contributed by atoms with Crippen LogP contribution in [0.3, 0.4) is 0 Å². The Balaban J connectivity index is 1.68. The number of allylic oxidation sites excluding steroid dienone is 1. The van der Waals surface area contributed by atoms with E-state index in [1.165, 1.54) is 24.3 Å². The number of hydrogen-bond donors (Lipinski definition) is 2. The quantitative estimate of drug-likeness (QED) is 0.313. The molecule has 0 atom stereocenters. The van der Waals surface area contributed by atoms with E-state index in [1.54, 1.807) is 28.8 Å². The topological polar surface area (TPSA) is 89.3 Å². The van der Waals surface area contributed by atoms with Crippen molar-refractivity contribution in [3.05, 3.63) is 59.6 Å². The number of benzene rings is 2. The number of aromatic hydroxyl groups is 1. The van der Waals surface area contributed by atoms with Gasteiger partial charge in [0.1, 0.15) is 11.5 Å². The minimum atomic E-state index is -2.91. The van der Waals surface area contributed by atoms with E-state index in [0.717, 1.165) is 16.2 Å². The largest absolute Gasteiger partial charge is 0.507 e. The van der Waals surface area contributed by atoms with Gasteiger partial charge in [0.15, 0.2) is 11.0 Å². The zero-order chi connectivity index (χ0) is 22.4. The van der Waals surface area contributed by atoms with Crippen molar-refractivity contribution in [1.29, 1.82) is 0 Å². The lowest BCUT2D eigenvalue weighted by Crippen LogP contribution is -2.14. The molecule has 0 radical (unpaired) electrons. The van der Waals surface area contributed by atoms with Crippen LogP contribution < -0.4 is 10.1 Å². The molecule has 0 aliphatic carbocycles. The Bertz CT molecular complexity index is 1080. The van der Waals surface area contributed by atoms with E-state index in [1.807, 2.05) is 0 Å². The fraction of sp³-hybridized carbons (Fsp3) is 0.150. The standard InChI is InChI=1S/C20H17BrF2N4O3S/c1-2-9-27-18(15-10-12(21)3-8-16(15)28)25-26-20(27)31-11-17(29)24-13-4-6-14(7-5-13)30-19(22)23/h2-8,10,19,28H,1,9,11H2,(H,24,29). The molecule has 3 aromatic rings. The van der Waals surface area contributed by atoms with Gasteiger partial charge < -0.3 is 15.2 Å². The van der Waals surface area contributed by atoms with Crippen LogP contribution in [0.2, 0.25) is 0 Å². The van der Waals surface area contributed by atoms with E-state index >= 15 is 0 Å². The molecular weight excluding hydrogens is 494 g/mol. The Hall–Kier alpha value is -2.92. The summed E-state index contributed by atoms with van der Waals surface area (Å²) in [5.41, 5.74) is 0.936. The smallest absolute Gasteiger partial charge is 0.387 e. The minimum Gasteiger partial charge on any atom is -0.507 e. The van der Waals surface area contributed by atoms with Gasteiger partial charge in [0.05, 0.1) is 11.3 Å². The van der Waals surface area contributed by atoms with E-state index in [-0.39, 0.29) is 23.2 Å². The molecule has 0 bridgehead atoms. The third kappa shape index (κ3) is 6.05. The molecule has 1 aromatic heterocycles. The van der Waals surface area contributed by atoms with Crippen LogP contribution in [-0.2, 0) is 11.3 Å². The summed E-state index contributed by atoms with van der Waals surface area (Å²) in [6.45, 7) is 1.20. The van der Waals surface area contributed by atoms with Gasteiger partial charge in [-0.05, 0) is 42.5 Å². The highest BCUT2D eigenvalue weighted by Gasteiger charge is 2.18. The Morgan fingerprint density at radius 3 is 2.71 bits per heavy atom. The summed E-state index contributed by atoms with van der Waals surface area (Å²) in [4.78, 5) is 12.3. The summed E-state index contributed by atoms with van der Waals surface area (Å²) in [6.07, 6.45) is 1.66. The number of rotatable bonds is 9.